The Hall–Kier alpha value is -2.54. The van der Waals surface area contributed by atoms with Crippen LogP contribution in [0.4, 0.5) is 0 Å². The fraction of sp³-hybridized carbons (Fsp3) is 0.222. The van der Waals surface area contributed by atoms with Crippen molar-refractivity contribution < 1.29 is 28.5 Å². The van der Waals surface area contributed by atoms with Crippen LogP contribution in [0.3, 0.4) is 0 Å². The fourth-order valence-electron chi connectivity index (χ4n) is 2.24. The van der Waals surface area contributed by atoms with Gasteiger partial charge in [-0.15, -0.1) is 0 Å². The van der Waals surface area contributed by atoms with Crippen LogP contribution in [-0.4, -0.2) is 39.7 Å². The summed E-state index contributed by atoms with van der Waals surface area (Å²) < 4.78 is 21.4. The quantitative estimate of drug-likeness (QED) is 0.515. The molecule has 0 aromatic heterocycles. The zero-order valence-electron chi connectivity index (χ0n) is 14.0. The first-order chi connectivity index (χ1) is 12.0. The van der Waals surface area contributed by atoms with E-state index in [2.05, 4.69) is 15.9 Å². The number of ether oxygens (including phenoxy) is 4. The summed E-state index contributed by atoms with van der Waals surface area (Å²) in [7, 11) is 4.32. The fourth-order valence-corrected chi connectivity index (χ4v) is 2.74. The molecule has 0 aliphatic rings. The third-order valence-electron chi connectivity index (χ3n) is 3.43. The molecule has 0 aliphatic heterocycles. The van der Waals surface area contributed by atoms with E-state index in [4.69, 9.17) is 18.9 Å². The summed E-state index contributed by atoms with van der Waals surface area (Å²) in [6.45, 7) is -0.390. The van der Waals surface area contributed by atoms with Crippen LogP contribution in [0.25, 0.3) is 0 Å². The molecule has 132 valence electrons. The van der Waals surface area contributed by atoms with Crippen molar-refractivity contribution in [2.75, 3.05) is 27.9 Å². The van der Waals surface area contributed by atoms with Crippen LogP contribution in [0.5, 0.6) is 17.2 Å². The summed E-state index contributed by atoms with van der Waals surface area (Å²) in [4.78, 5) is 24.5. The summed E-state index contributed by atoms with van der Waals surface area (Å²) in [5, 5.41) is 0. The molecule has 6 nitrogen and oxygen atoms in total. The monoisotopic (exact) mass is 408 g/mol. The summed E-state index contributed by atoms with van der Waals surface area (Å²) in [6.07, 6.45) is 0. The zero-order valence-corrected chi connectivity index (χ0v) is 15.6. The highest BCUT2D eigenvalue weighted by atomic mass is 79.9. The van der Waals surface area contributed by atoms with Crippen molar-refractivity contribution in [1.82, 2.24) is 0 Å². The maximum Gasteiger partial charge on any atom is 0.342 e. The maximum absolute atomic E-state index is 12.4. The summed E-state index contributed by atoms with van der Waals surface area (Å²) in [5.41, 5.74) is 0.578. The maximum atomic E-state index is 12.4. The molecule has 0 amide bonds. The van der Waals surface area contributed by atoms with Gasteiger partial charge in [0.25, 0.3) is 0 Å². The van der Waals surface area contributed by atoms with Crippen molar-refractivity contribution in [3.63, 3.8) is 0 Å². The number of methoxy groups -OCH3 is 3. The van der Waals surface area contributed by atoms with Gasteiger partial charge in [0.05, 0.1) is 21.3 Å². The minimum atomic E-state index is -0.696. The van der Waals surface area contributed by atoms with Crippen molar-refractivity contribution in [2.45, 2.75) is 0 Å². The minimum absolute atomic E-state index is 0.139. The molecule has 25 heavy (non-hydrogen) atoms. The molecule has 0 heterocycles. The number of Topliss-reactive ketones (excluding diaryl/α,β-unsaturated/α-hetero) is 1. The van der Waals surface area contributed by atoms with Gasteiger partial charge in [0, 0.05) is 10.0 Å². The molecule has 0 spiro atoms. The van der Waals surface area contributed by atoms with Crippen molar-refractivity contribution in [3.05, 3.63) is 52.0 Å². The van der Waals surface area contributed by atoms with Gasteiger partial charge < -0.3 is 18.9 Å². The molecule has 2 rings (SSSR count). The second-order valence-corrected chi connectivity index (χ2v) is 5.72. The lowest BCUT2D eigenvalue weighted by molar-refractivity contribution is 0.0470. The average molecular weight is 409 g/mol. The van der Waals surface area contributed by atoms with Crippen LogP contribution in [0.15, 0.2) is 40.9 Å². The van der Waals surface area contributed by atoms with E-state index in [1.165, 1.54) is 27.4 Å². The largest absolute Gasteiger partial charge is 0.493 e. The van der Waals surface area contributed by atoms with Gasteiger partial charge in [0.15, 0.2) is 18.1 Å². The highest BCUT2D eigenvalue weighted by Crippen LogP contribution is 2.39. The third-order valence-corrected chi connectivity index (χ3v) is 4.12. The lowest BCUT2D eigenvalue weighted by Crippen LogP contribution is -2.15. The van der Waals surface area contributed by atoms with Gasteiger partial charge in [-0.05, 0) is 18.2 Å². The summed E-state index contributed by atoms with van der Waals surface area (Å²) >= 11 is 3.29. The van der Waals surface area contributed by atoms with Gasteiger partial charge in [-0.25, -0.2) is 4.79 Å². The Kier molecular flexibility index (Phi) is 6.41. The van der Waals surface area contributed by atoms with E-state index < -0.39 is 5.97 Å². The summed E-state index contributed by atoms with van der Waals surface area (Å²) in [6, 6.07) is 9.97. The van der Waals surface area contributed by atoms with Crippen LogP contribution in [0.1, 0.15) is 20.7 Å². The standard InChI is InChI=1S/C18H17BrO6/c1-22-15-9-8-12(16(23-2)17(15)24-3)18(21)25-10-14(20)11-6-4-5-7-13(11)19/h4-9H,10H2,1-3H3. The molecule has 0 fully saturated rings. The molecule has 0 N–H and O–H groups in total. The van der Waals surface area contributed by atoms with Crippen molar-refractivity contribution in [3.8, 4) is 17.2 Å². The van der Waals surface area contributed by atoms with Gasteiger partial charge in [0.1, 0.15) is 5.56 Å². The van der Waals surface area contributed by atoms with E-state index in [0.717, 1.165) is 0 Å². The predicted molar refractivity (Wildman–Crippen MR) is 94.9 cm³/mol. The van der Waals surface area contributed by atoms with Crippen LogP contribution >= 0.6 is 15.9 Å². The number of halogens is 1. The molecular formula is C18H17BrO6. The van der Waals surface area contributed by atoms with E-state index in [1.54, 1.807) is 30.3 Å². The van der Waals surface area contributed by atoms with Gasteiger partial charge in [-0.1, -0.05) is 34.1 Å². The Bertz CT molecular complexity index is 787. The highest BCUT2D eigenvalue weighted by molar-refractivity contribution is 9.10. The van der Waals surface area contributed by atoms with Crippen LogP contribution in [0, 0.1) is 0 Å². The van der Waals surface area contributed by atoms with Crippen LogP contribution in [-0.2, 0) is 4.74 Å². The van der Waals surface area contributed by atoms with Crippen molar-refractivity contribution >= 4 is 27.7 Å². The Morgan fingerprint density at radius 2 is 1.56 bits per heavy atom. The Labute approximate surface area is 153 Å². The topological polar surface area (TPSA) is 71.1 Å². The first-order valence-electron chi connectivity index (χ1n) is 7.27. The van der Waals surface area contributed by atoms with Crippen molar-refractivity contribution in [1.29, 1.82) is 0 Å². The number of hydrogen-bond donors (Lipinski definition) is 0. The van der Waals surface area contributed by atoms with E-state index in [9.17, 15) is 9.59 Å². The van der Waals surface area contributed by atoms with Crippen LogP contribution < -0.4 is 14.2 Å². The number of rotatable bonds is 7. The molecule has 0 radical (unpaired) electrons. The molecule has 0 bridgehead atoms. The van der Waals surface area contributed by atoms with Gasteiger partial charge >= 0.3 is 5.97 Å². The Morgan fingerprint density at radius 1 is 0.880 bits per heavy atom. The number of carbonyl (C=O) groups is 2. The summed E-state index contributed by atoms with van der Waals surface area (Å²) in [5.74, 6) is -0.143. The average Bonchev–Trinajstić information content (AvgIpc) is 2.64. The molecule has 2 aromatic rings. The lowest BCUT2D eigenvalue weighted by atomic mass is 10.1. The first kappa shape index (κ1) is 18.8. The Morgan fingerprint density at radius 3 is 2.16 bits per heavy atom. The second kappa shape index (κ2) is 8.53. The van der Waals surface area contributed by atoms with E-state index in [0.29, 0.717) is 15.8 Å². The molecule has 0 saturated heterocycles. The third kappa shape index (κ3) is 4.11. The normalized spacial score (nSPS) is 10.1. The predicted octanol–water partition coefficient (Wildman–Crippen LogP) is 3.51. The molecule has 7 heteroatoms. The number of benzene rings is 2. The van der Waals surface area contributed by atoms with E-state index >= 15 is 0 Å². The van der Waals surface area contributed by atoms with Crippen molar-refractivity contribution in [2.24, 2.45) is 0 Å². The van der Waals surface area contributed by atoms with Gasteiger partial charge in [-0.2, -0.15) is 0 Å². The molecule has 0 atom stereocenters. The first-order valence-corrected chi connectivity index (χ1v) is 8.06. The highest BCUT2D eigenvalue weighted by Gasteiger charge is 2.22. The molecule has 0 unspecified atom stereocenters. The van der Waals surface area contributed by atoms with Gasteiger partial charge in [0.2, 0.25) is 11.5 Å². The molecule has 2 aromatic carbocycles. The smallest absolute Gasteiger partial charge is 0.342 e. The second-order valence-electron chi connectivity index (χ2n) is 4.86. The van der Waals surface area contributed by atoms with E-state index in [1.807, 2.05) is 0 Å². The number of hydrogen-bond acceptors (Lipinski definition) is 6. The number of ketones is 1. The Balaban J connectivity index is 2.19. The molecular weight excluding hydrogens is 392 g/mol. The molecule has 0 aliphatic carbocycles. The van der Waals surface area contributed by atoms with Crippen LogP contribution in [0.2, 0.25) is 0 Å². The molecule has 0 saturated carbocycles. The van der Waals surface area contributed by atoms with Gasteiger partial charge in [-0.3, -0.25) is 4.79 Å². The zero-order chi connectivity index (χ0) is 18.4. The SMILES string of the molecule is COc1ccc(C(=O)OCC(=O)c2ccccc2Br)c(OC)c1OC. The number of esters is 1. The minimum Gasteiger partial charge on any atom is -0.493 e. The van der Waals surface area contributed by atoms with E-state index in [-0.39, 0.29) is 29.5 Å². The lowest BCUT2D eigenvalue weighted by Gasteiger charge is -2.15. The number of carbonyl (C=O) groups excluding carboxylic acids is 2.